The van der Waals surface area contributed by atoms with Gasteiger partial charge in [-0.3, -0.25) is 16.9 Å². The van der Waals surface area contributed by atoms with Gasteiger partial charge in [-0.15, -0.1) is 9.98 Å². The number of amides is 2. The van der Waals surface area contributed by atoms with Crippen molar-refractivity contribution in [1.29, 1.82) is 0 Å². The Morgan fingerprint density at radius 1 is 0.824 bits per heavy atom. The Morgan fingerprint density at radius 3 is 1.12 bits per heavy atom. The van der Waals surface area contributed by atoms with Gasteiger partial charge in [-0.25, -0.2) is 9.59 Å². The molecule has 0 heterocycles. The summed E-state index contributed by atoms with van der Waals surface area (Å²) in [5.74, 6) is -2.86. The number of isocyanates is 2. The number of nitrogens with zero attached hydrogens (tertiary/aromatic N) is 2. The zero-order valence-corrected chi connectivity index (χ0v) is 9.33. The quantitative estimate of drug-likeness (QED) is 0.169. The van der Waals surface area contributed by atoms with Crippen LogP contribution in [0.25, 0.3) is 0 Å². The Balaban J connectivity index is -0.0000000607. The molecule has 0 N–H and O–H groups in total. The molecule has 9 nitrogen and oxygen atoms in total. The van der Waals surface area contributed by atoms with E-state index in [0.29, 0.717) is 0 Å². The molecule has 0 aromatic carbocycles. The second-order valence-corrected chi connectivity index (χ2v) is 1.31. The Hall–Kier alpha value is -0.163. The molecule has 0 atom stereocenters. The number of carbonyl (C=O) groups excluding carboxylic acids is 4. The van der Waals surface area contributed by atoms with Gasteiger partial charge in [-0.2, -0.15) is 0 Å². The van der Waals surface area contributed by atoms with E-state index in [0.717, 1.165) is 12.2 Å². The molecule has 0 aliphatic carbocycles. The van der Waals surface area contributed by atoms with Gasteiger partial charge in [-0.05, 0) is 0 Å². The molecule has 0 spiro atoms. The Kier molecular flexibility index (Phi) is 37.5. The standard InChI is InChI=1S/C4N2O4.BO3.3Li/c7-1-5-3(9)4(10)6-2-8;2-1(3)4;;;/q;-3;3*+1. The van der Waals surface area contributed by atoms with Crippen LogP contribution >= 0.6 is 0 Å². The van der Waals surface area contributed by atoms with Crippen molar-refractivity contribution < 1.29 is 90.8 Å². The second-order valence-electron chi connectivity index (χ2n) is 1.31. The molecule has 74 valence electrons. The van der Waals surface area contributed by atoms with Gasteiger partial charge in [0.1, 0.15) is 0 Å². The van der Waals surface area contributed by atoms with Crippen molar-refractivity contribution in [3.05, 3.63) is 0 Å². The zero-order valence-electron chi connectivity index (χ0n) is 9.33. The number of hydrogen-bond donors (Lipinski definition) is 0. The molecule has 0 aliphatic heterocycles. The van der Waals surface area contributed by atoms with Gasteiger partial charge in [0.25, 0.3) is 0 Å². The predicted octanol–water partition coefficient (Wildman–Crippen LogP) is -14.2. The van der Waals surface area contributed by atoms with Gasteiger partial charge in [0, 0.05) is 0 Å². The third kappa shape index (κ3) is 31.3. The average molecular weight is 220 g/mol. The van der Waals surface area contributed by atoms with E-state index in [4.69, 9.17) is 15.1 Å². The van der Waals surface area contributed by atoms with Crippen LogP contribution in [0, 0.1) is 0 Å². The normalized spacial score (nSPS) is 5.59. The maximum absolute atomic E-state index is 10.1. The summed E-state index contributed by atoms with van der Waals surface area (Å²) in [4.78, 5) is 43.6. The van der Waals surface area contributed by atoms with Gasteiger partial charge in [0.2, 0.25) is 12.2 Å². The second kappa shape index (κ2) is 21.2. The van der Waals surface area contributed by atoms with Gasteiger partial charge < -0.3 is 15.1 Å². The van der Waals surface area contributed by atoms with Crippen molar-refractivity contribution in [2.24, 2.45) is 9.98 Å². The van der Waals surface area contributed by atoms with Crippen molar-refractivity contribution in [3.63, 3.8) is 0 Å². The molecule has 0 fully saturated rings. The summed E-state index contributed by atoms with van der Waals surface area (Å²) >= 11 is 0. The monoisotopic (exact) mass is 220 g/mol. The fourth-order valence-electron chi connectivity index (χ4n) is 0.179. The van der Waals surface area contributed by atoms with Crippen molar-refractivity contribution in [1.82, 2.24) is 0 Å². The predicted molar refractivity (Wildman–Crippen MR) is 32.0 cm³/mol. The summed E-state index contributed by atoms with van der Waals surface area (Å²) in [6, 6.07) is 0. The molecule has 2 amide bonds. The SMILES string of the molecule is O=C=NC(=O)C(=O)N=C=O.[Li+].[Li+].[Li+].[O-]B([O-])[O-]. The van der Waals surface area contributed by atoms with Crippen molar-refractivity contribution in [3.8, 4) is 0 Å². The maximum Gasteiger partial charge on any atom is 1.00 e. The molecule has 13 heteroatoms. The molecule has 0 saturated heterocycles. The minimum atomic E-state index is -2.92. The summed E-state index contributed by atoms with van der Waals surface area (Å²) in [7, 11) is -2.92. The molecule has 0 saturated carbocycles. The van der Waals surface area contributed by atoms with E-state index in [-0.39, 0.29) is 56.6 Å². The van der Waals surface area contributed by atoms with Crippen LogP contribution in [0.4, 0.5) is 0 Å². The van der Waals surface area contributed by atoms with Crippen LogP contribution in [0.3, 0.4) is 0 Å². The number of rotatable bonds is 0. The van der Waals surface area contributed by atoms with E-state index < -0.39 is 19.1 Å². The maximum atomic E-state index is 10.1. The van der Waals surface area contributed by atoms with E-state index in [1.165, 1.54) is 0 Å². The van der Waals surface area contributed by atoms with Gasteiger partial charge >= 0.3 is 68.4 Å². The van der Waals surface area contributed by atoms with E-state index in [1.54, 1.807) is 0 Å². The number of hydrogen-bond acceptors (Lipinski definition) is 7. The molecule has 0 aromatic rings. The van der Waals surface area contributed by atoms with Crippen LogP contribution in [-0.2, 0) is 19.2 Å². The summed E-state index contributed by atoms with van der Waals surface area (Å²) in [5, 5.41) is 25.2. The minimum Gasteiger partial charge on any atom is -0.907 e. The molecular weight excluding hydrogens is 220 g/mol. The van der Waals surface area contributed by atoms with Crippen LogP contribution < -0.4 is 71.7 Å². The molecule has 0 aromatic heterocycles. The van der Waals surface area contributed by atoms with E-state index in [9.17, 15) is 19.2 Å². The Bertz CT molecular complexity index is 281. The summed E-state index contributed by atoms with van der Waals surface area (Å²) in [6.45, 7) is 0. The fraction of sp³-hybridized carbons (Fsp3) is 0. The molecular formula is C4BLi3N2O7. The molecule has 0 rings (SSSR count). The van der Waals surface area contributed by atoms with Crippen LogP contribution in [0.2, 0.25) is 0 Å². The van der Waals surface area contributed by atoms with Crippen molar-refractivity contribution >= 4 is 31.3 Å². The van der Waals surface area contributed by atoms with Crippen LogP contribution in [0.1, 0.15) is 0 Å². The average Bonchev–Trinajstić information content (AvgIpc) is 2.04. The van der Waals surface area contributed by atoms with E-state index in [1.807, 2.05) is 0 Å². The van der Waals surface area contributed by atoms with E-state index >= 15 is 0 Å². The largest absolute Gasteiger partial charge is 1.00 e. The first-order chi connectivity index (χ1) is 6.45. The topological polar surface area (TPSA) is 162 Å². The Morgan fingerprint density at radius 2 is 1.00 bits per heavy atom. The van der Waals surface area contributed by atoms with E-state index in [2.05, 4.69) is 9.98 Å². The fourth-order valence-corrected chi connectivity index (χ4v) is 0.179. The molecule has 0 unspecified atom stereocenters. The molecule has 0 bridgehead atoms. The van der Waals surface area contributed by atoms with Gasteiger partial charge in [-0.1, -0.05) is 0 Å². The first-order valence-electron chi connectivity index (χ1n) is 2.67. The summed E-state index contributed by atoms with van der Waals surface area (Å²) in [5.41, 5.74) is 0. The first kappa shape index (κ1) is 30.1. The smallest absolute Gasteiger partial charge is 0.907 e. The molecule has 0 aliphatic rings. The first-order valence-corrected chi connectivity index (χ1v) is 2.67. The summed E-state index contributed by atoms with van der Waals surface area (Å²) < 4.78 is 0. The van der Waals surface area contributed by atoms with Crippen LogP contribution in [0.5, 0.6) is 0 Å². The van der Waals surface area contributed by atoms with Gasteiger partial charge in [0.05, 0.1) is 0 Å². The number of carbonyl (C=O) groups is 2. The third-order valence-corrected chi connectivity index (χ3v) is 0.477. The molecule has 0 radical (unpaired) electrons. The van der Waals surface area contributed by atoms with Crippen molar-refractivity contribution in [2.45, 2.75) is 0 Å². The third-order valence-electron chi connectivity index (χ3n) is 0.477. The number of aliphatic imine (C=N–C) groups is 2. The van der Waals surface area contributed by atoms with Crippen LogP contribution in [-0.4, -0.2) is 31.3 Å². The van der Waals surface area contributed by atoms with Crippen LogP contribution in [0.15, 0.2) is 9.98 Å². The minimum absolute atomic E-state index is 0. The van der Waals surface area contributed by atoms with Crippen molar-refractivity contribution in [2.75, 3.05) is 0 Å². The van der Waals surface area contributed by atoms with Gasteiger partial charge in [0.15, 0.2) is 0 Å². The zero-order chi connectivity index (χ0) is 11.6. The molecule has 17 heavy (non-hydrogen) atoms. The Labute approximate surface area is 131 Å². The summed E-state index contributed by atoms with van der Waals surface area (Å²) in [6.07, 6.45) is 1.64.